The van der Waals surface area contributed by atoms with Crippen molar-refractivity contribution < 1.29 is 14.3 Å². The minimum absolute atomic E-state index is 0.302. The first-order chi connectivity index (χ1) is 8.29. The van der Waals surface area contributed by atoms with Gasteiger partial charge in [-0.1, -0.05) is 24.3 Å². The molecule has 0 saturated heterocycles. The molecule has 3 heteroatoms. The van der Waals surface area contributed by atoms with E-state index in [-0.39, 0.29) is 5.97 Å². The van der Waals surface area contributed by atoms with Gasteiger partial charge in [0.15, 0.2) is 0 Å². The summed E-state index contributed by atoms with van der Waals surface area (Å²) in [5, 5.41) is 2.13. The molecule has 3 nitrogen and oxygen atoms in total. The van der Waals surface area contributed by atoms with Crippen LogP contribution in [0, 0.1) is 0 Å². The predicted molar refractivity (Wildman–Crippen MR) is 63.7 cm³/mol. The van der Waals surface area contributed by atoms with Gasteiger partial charge in [-0.3, -0.25) is 0 Å². The Labute approximate surface area is 99.0 Å². The number of hydrogen-bond acceptors (Lipinski definition) is 3. The fourth-order valence-electron chi connectivity index (χ4n) is 2.13. The van der Waals surface area contributed by atoms with E-state index >= 15 is 0 Å². The third kappa shape index (κ3) is 1.59. The molecule has 1 aliphatic heterocycles. The van der Waals surface area contributed by atoms with Crippen LogP contribution in [-0.2, 0) is 9.47 Å². The summed E-state index contributed by atoms with van der Waals surface area (Å²) in [4.78, 5) is 11.7. The summed E-state index contributed by atoms with van der Waals surface area (Å²) in [6, 6.07) is 11.8. The van der Waals surface area contributed by atoms with Gasteiger partial charge in [-0.15, -0.1) is 0 Å². The van der Waals surface area contributed by atoms with Crippen molar-refractivity contribution in [3.63, 3.8) is 0 Å². The van der Waals surface area contributed by atoms with Crippen LogP contribution >= 0.6 is 0 Å². The van der Waals surface area contributed by atoms with Gasteiger partial charge in [0, 0.05) is 12.2 Å². The molecule has 1 atom stereocenters. The Morgan fingerprint density at radius 2 is 1.94 bits per heavy atom. The highest BCUT2D eigenvalue weighted by atomic mass is 16.7. The summed E-state index contributed by atoms with van der Waals surface area (Å²) in [5.74, 6) is -0.302. The van der Waals surface area contributed by atoms with E-state index in [2.05, 4.69) is 0 Å². The molecule has 0 spiro atoms. The van der Waals surface area contributed by atoms with Gasteiger partial charge in [0.1, 0.15) is 0 Å². The summed E-state index contributed by atoms with van der Waals surface area (Å²) < 4.78 is 10.6. The highest BCUT2D eigenvalue weighted by molar-refractivity contribution is 5.99. The zero-order valence-electron chi connectivity index (χ0n) is 9.47. The van der Waals surface area contributed by atoms with Gasteiger partial charge in [-0.05, 0) is 29.8 Å². The van der Waals surface area contributed by atoms with Crippen LogP contribution in [0.25, 0.3) is 10.8 Å². The predicted octanol–water partition coefficient (Wildman–Crippen LogP) is 3.05. The van der Waals surface area contributed by atoms with Crippen LogP contribution in [-0.4, -0.2) is 12.6 Å². The molecular weight excluding hydrogens is 216 g/mol. The molecule has 1 aliphatic rings. The summed E-state index contributed by atoms with van der Waals surface area (Å²) in [6.45, 7) is 2.40. The third-order valence-electron chi connectivity index (χ3n) is 2.92. The number of carbonyl (C=O) groups excluding carboxylic acids is 1. The molecule has 0 bridgehead atoms. The molecule has 2 aromatic rings. The first kappa shape index (κ1) is 10.3. The van der Waals surface area contributed by atoms with Gasteiger partial charge in [0.25, 0.3) is 0 Å². The minimum atomic E-state index is -0.549. The minimum Gasteiger partial charge on any atom is -0.428 e. The molecule has 17 heavy (non-hydrogen) atoms. The number of cyclic esters (lactones) is 1. The molecule has 0 fully saturated rings. The maximum Gasteiger partial charge on any atom is 0.341 e. The smallest absolute Gasteiger partial charge is 0.341 e. The lowest BCUT2D eigenvalue weighted by Crippen LogP contribution is -2.03. The first-order valence-electron chi connectivity index (χ1n) is 5.65. The lowest BCUT2D eigenvalue weighted by atomic mass is 10.0. The largest absolute Gasteiger partial charge is 0.428 e. The quantitative estimate of drug-likeness (QED) is 0.741. The maximum atomic E-state index is 11.7. The molecule has 1 unspecified atom stereocenters. The topological polar surface area (TPSA) is 35.5 Å². The van der Waals surface area contributed by atoms with E-state index in [0.29, 0.717) is 12.2 Å². The second-order valence-electron chi connectivity index (χ2n) is 3.98. The Kier molecular flexibility index (Phi) is 2.34. The van der Waals surface area contributed by atoms with Gasteiger partial charge in [0.05, 0.1) is 5.56 Å². The normalized spacial score (nSPS) is 18.2. The fourth-order valence-corrected chi connectivity index (χ4v) is 2.13. The lowest BCUT2D eigenvalue weighted by molar-refractivity contribution is -0.0992. The lowest BCUT2D eigenvalue weighted by Gasteiger charge is -2.10. The zero-order valence-corrected chi connectivity index (χ0v) is 9.47. The van der Waals surface area contributed by atoms with Gasteiger partial charge in [0.2, 0.25) is 6.29 Å². The van der Waals surface area contributed by atoms with Crippen molar-refractivity contribution in [3.05, 3.63) is 47.5 Å². The molecule has 0 aliphatic carbocycles. The highest BCUT2D eigenvalue weighted by Gasteiger charge is 2.31. The van der Waals surface area contributed by atoms with Crippen LogP contribution in [0.2, 0.25) is 0 Å². The fraction of sp³-hybridized carbons (Fsp3) is 0.214. The Balaban J connectivity index is 2.19. The second-order valence-corrected chi connectivity index (χ2v) is 3.98. The van der Waals surface area contributed by atoms with E-state index in [4.69, 9.17) is 9.47 Å². The van der Waals surface area contributed by atoms with Crippen molar-refractivity contribution in [2.24, 2.45) is 0 Å². The van der Waals surface area contributed by atoms with Crippen molar-refractivity contribution >= 4 is 16.7 Å². The maximum absolute atomic E-state index is 11.7. The molecule has 0 saturated carbocycles. The summed E-state index contributed by atoms with van der Waals surface area (Å²) in [5.41, 5.74) is 1.44. The number of esters is 1. The average molecular weight is 228 g/mol. The molecule has 3 rings (SSSR count). The molecule has 86 valence electrons. The summed E-state index contributed by atoms with van der Waals surface area (Å²) >= 11 is 0. The highest BCUT2D eigenvalue weighted by Crippen LogP contribution is 2.34. The number of ether oxygens (including phenoxy) is 2. The monoisotopic (exact) mass is 228 g/mol. The third-order valence-corrected chi connectivity index (χ3v) is 2.92. The number of fused-ring (bicyclic) bond motifs is 2. The molecule has 0 radical (unpaired) electrons. The van der Waals surface area contributed by atoms with Crippen LogP contribution in [0.5, 0.6) is 0 Å². The molecule has 0 aromatic heterocycles. The van der Waals surface area contributed by atoms with Gasteiger partial charge in [-0.2, -0.15) is 0 Å². The number of carbonyl (C=O) groups is 1. The zero-order chi connectivity index (χ0) is 11.8. The summed E-state index contributed by atoms with van der Waals surface area (Å²) in [6.07, 6.45) is -0.549. The van der Waals surface area contributed by atoms with E-state index in [9.17, 15) is 4.79 Å². The van der Waals surface area contributed by atoms with Crippen LogP contribution in [0.4, 0.5) is 0 Å². The standard InChI is InChI=1S/C14H12O3/c1-2-16-14-12-8-10-6-4-3-5-9(10)7-11(12)13(15)17-14/h3-8,14H,2H2,1H3. The van der Waals surface area contributed by atoms with E-state index < -0.39 is 6.29 Å². The van der Waals surface area contributed by atoms with Crippen molar-refractivity contribution in [1.82, 2.24) is 0 Å². The molecule has 0 amide bonds. The number of benzene rings is 2. The molecular formula is C14H12O3. The number of rotatable bonds is 2. The number of hydrogen-bond donors (Lipinski definition) is 0. The van der Waals surface area contributed by atoms with Crippen LogP contribution in [0.15, 0.2) is 36.4 Å². The van der Waals surface area contributed by atoms with E-state index in [1.807, 2.05) is 43.3 Å². The van der Waals surface area contributed by atoms with Crippen LogP contribution in [0.1, 0.15) is 29.1 Å². The van der Waals surface area contributed by atoms with Crippen LogP contribution < -0.4 is 0 Å². The Morgan fingerprint density at radius 1 is 1.24 bits per heavy atom. The van der Waals surface area contributed by atoms with Crippen molar-refractivity contribution in [3.8, 4) is 0 Å². The SMILES string of the molecule is CCOC1OC(=O)c2cc3ccccc3cc21. The average Bonchev–Trinajstić information content (AvgIpc) is 2.64. The second kappa shape index (κ2) is 3.86. The Bertz CT molecular complexity index is 589. The van der Waals surface area contributed by atoms with E-state index in [1.54, 1.807) is 0 Å². The first-order valence-corrected chi connectivity index (χ1v) is 5.65. The van der Waals surface area contributed by atoms with Gasteiger partial charge >= 0.3 is 5.97 Å². The molecule has 2 aromatic carbocycles. The van der Waals surface area contributed by atoms with Crippen LogP contribution in [0.3, 0.4) is 0 Å². The van der Waals surface area contributed by atoms with Crippen molar-refractivity contribution in [2.45, 2.75) is 13.2 Å². The Hall–Kier alpha value is -1.87. The van der Waals surface area contributed by atoms with E-state index in [0.717, 1.165) is 16.3 Å². The molecule has 1 heterocycles. The molecule has 0 N–H and O–H groups in total. The van der Waals surface area contributed by atoms with Crippen molar-refractivity contribution in [2.75, 3.05) is 6.61 Å². The summed E-state index contributed by atoms with van der Waals surface area (Å²) in [7, 11) is 0. The Morgan fingerprint density at radius 3 is 2.65 bits per heavy atom. The van der Waals surface area contributed by atoms with E-state index in [1.165, 1.54) is 0 Å². The van der Waals surface area contributed by atoms with Crippen molar-refractivity contribution in [1.29, 1.82) is 0 Å². The van der Waals surface area contributed by atoms with Gasteiger partial charge < -0.3 is 9.47 Å². The van der Waals surface area contributed by atoms with Gasteiger partial charge in [-0.25, -0.2) is 4.79 Å².